The molecule has 0 aromatic carbocycles. The molecule has 37 heteroatoms. The highest BCUT2D eigenvalue weighted by Crippen LogP contribution is 2.11. The number of hydrogen-bond donors (Lipinski definition) is 3. The van der Waals surface area contributed by atoms with Crippen LogP contribution < -0.4 is 16.8 Å². The second-order valence-electron chi connectivity index (χ2n) is 25.1. The molecule has 0 radical (unpaired) electrons. The third-order valence-corrected chi connectivity index (χ3v) is 16.5. The Morgan fingerprint density at radius 3 is 0.757 bits per heavy atom. The zero-order valence-corrected chi connectivity index (χ0v) is 61.3. The van der Waals surface area contributed by atoms with Gasteiger partial charge in [0.15, 0.2) is 0 Å². The molecule has 0 saturated heterocycles. The Hall–Kier alpha value is -9.84. The van der Waals surface area contributed by atoms with Gasteiger partial charge in [-0.15, -0.1) is 20.4 Å². The minimum atomic E-state index is -0.733. The molecule has 0 aliphatic carbocycles. The van der Waals surface area contributed by atoms with Crippen molar-refractivity contribution in [1.82, 2.24) is 114 Å². The van der Waals surface area contributed by atoms with Crippen LogP contribution in [0.5, 0.6) is 0 Å². The smallest absolute Gasteiger partial charge is 0.242 e. The van der Waals surface area contributed by atoms with E-state index < -0.39 is 117 Å². The number of primary amides is 1. The molecule has 0 fully saturated rings. The van der Waals surface area contributed by atoms with E-state index in [1.165, 1.54) is 73.8 Å². The van der Waals surface area contributed by atoms with Crippen molar-refractivity contribution < 1.29 is 57.5 Å². The molecule has 0 aliphatic heterocycles. The quantitative estimate of drug-likeness (QED) is 0.0427. The Labute approximate surface area is 603 Å². The SMILES string of the molecule is CCCN(CC(=O)N(CCCn1ccnn1)CC(N)=O)C(=O)CN(CCC)C(=O)CN(CCCn1ccnn1)C(=O)CN(CCC)C(=O)CN(CCC)C(=O)CN(CCCn1ccnn1)C(=O)CN(CCC)C(=O)CN(CCC)C(=O)CN(CCCn1ccnn1)C(=O)CNC(=O)CCCCCN. The summed E-state index contributed by atoms with van der Waals surface area (Å²) in [7, 11) is 0. The summed E-state index contributed by atoms with van der Waals surface area (Å²) in [4.78, 5) is 181. The molecule has 0 aliphatic rings. The number of nitrogens with zero attached hydrogens (tertiary/aromatic N) is 22. The van der Waals surface area contributed by atoms with E-state index in [0.29, 0.717) is 103 Å². The Bertz CT molecular complexity index is 3170. The number of carbonyl (C=O) groups excluding carboxylic acids is 12. The van der Waals surface area contributed by atoms with Gasteiger partial charge in [0, 0.05) is 123 Å². The van der Waals surface area contributed by atoms with Gasteiger partial charge in [-0.25, -0.2) is 0 Å². The normalized spacial score (nSPS) is 11.0. The lowest BCUT2D eigenvalue weighted by Gasteiger charge is -2.33. The van der Waals surface area contributed by atoms with Crippen LogP contribution in [-0.2, 0) is 83.7 Å². The molecular weight excluding hydrogens is 1330 g/mol. The lowest BCUT2D eigenvalue weighted by Crippen LogP contribution is -2.53. The van der Waals surface area contributed by atoms with Crippen molar-refractivity contribution in [3.63, 3.8) is 0 Å². The predicted molar refractivity (Wildman–Crippen MR) is 376 cm³/mol. The van der Waals surface area contributed by atoms with Crippen molar-refractivity contribution in [2.45, 2.75) is 158 Å². The summed E-state index contributed by atoms with van der Waals surface area (Å²) in [6.07, 6.45) is 19.1. The average molecular weight is 1450 g/mol. The van der Waals surface area contributed by atoms with E-state index in [-0.39, 0.29) is 97.4 Å². The number of nitrogens with two attached hydrogens (primary N) is 2. The predicted octanol–water partition coefficient (Wildman–Crippen LogP) is -1.42. The van der Waals surface area contributed by atoms with Gasteiger partial charge in [-0.05, 0) is 83.6 Å². The van der Waals surface area contributed by atoms with E-state index in [1.54, 1.807) is 43.5 Å². The Morgan fingerprint density at radius 1 is 0.311 bits per heavy atom. The molecule has 12 amide bonds. The van der Waals surface area contributed by atoms with Crippen LogP contribution in [0.15, 0.2) is 49.6 Å². The summed E-state index contributed by atoms with van der Waals surface area (Å²) in [5.41, 5.74) is 11.1. The van der Waals surface area contributed by atoms with E-state index in [1.807, 2.05) is 41.5 Å². The van der Waals surface area contributed by atoms with Crippen LogP contribution in [0.1, 0.15) is 131 Å². The first kappa shape index (κ1) is 85.6. The van der Waals surface area contributed by atoms with Crippen LogP contribution in [0.2, 0.25) is 0 Å². The first-order chi connectivity index (χ1) is 49.7. The molecule has 4 heterocycles. The lowest BCUT2D eigenvalue weighted by molar-refractivity contribution is -0.149. The van der Waals surface area contributed by atoms with E-state index in [2.05, 4.69) is 46.6 Å². The van der Waals surface area contributed by atoms with Crippen molar-refractivity contribution in [3.05, 3.63) is 49.6 Å². The zero-order valence-electron chi connectivity index (χ0n) is 61.3. The molecule has 4 aromatic heterocycles. The Kier molecular flexibility index (Phi) is 40.6. The molecule has 572 valence electrons. The van der Waals surface area contributed by atoms with Crippen LogP contribution >= 0.6 is 0 Å². The average Bonchev–Trinajstić information content (AvgIpc) is 1.41. The molecule has 4 rings (SSSR count). The molecule has 0 bridgehead atoms. The number of nitrogens with one attached hydrogen (secondary N) is 1. The molecule has 4 aromatic rings. The highest BCUT2D eigenvalue weighted by Gasteiger charge is 2.32. The van der Waals surface area contributed by atoms with Gasteiger partial charge in [-0.1, -0.05) is 68.8 Å². The van der Waals surface area contributed by atoms with E-state index in [0.717, 1.165) is 12.8 Å². The zero-order chi connectivity index (χ0) is 75.3. The van der Waals surface area contributed by atoms with Crippen LogP contribution in [0.25, 0.3) is 0 Å². The fraction of sp³-hybridized carbons (Fsp3) is 0.697. The standard InChI is InChI=1S/C66H111N25O12/c1-7-26-78(61(98)52-85(33-17-37-89-41-23-71-75-89)57(94)44-69-56(93)20-14-13-15-21-67)46-59(96)82(30-11-5)50-65(102)87(35-19-39-91-43-25-73-77-91)54-63(100)80(28-9-3)48-60(97)83(31-12-6)51-66(103)86(34-18-38-90-42-24-72-76-90)53-62(99)79(27-8-2)47-58(95)81(29-10-4)49-64(101)84(45-55(68)92)32-16-36-88-40-22-70-74-88/h22-25,40-43H,7-21,26-39,44-54,67H2,1-6H3,(H2,68,92)(H,69,93). The molecule has 5 N–H and O–H groups in total. The third-order valence-electron chi connectivity index (χ3n) is 16.5. The Morgan fingerprint density at radius 2 is 0.544 bits per heavy atom. The van der Waals surface area contributed by atoms with E-state index in [4.69, 9.17) is 11.5 Å². The molecular formula is C66H111N25O12. The number of amides is 12. The van der Waals surface area contributed by atoms with Crippen LogP contribution in [0.3, 0.4) is 0 Å². The van der Waals surface area contributed by atoms with Gasteiger partial charge in [0.1, 0.15) is 0 Å². The maximum absolute atomic E-state index is 14.7. The fourth-order valence-electron chi connectivity index (χ4n) is 11.2. The number of unbranched alkanes of at least 4 members (excludes halogenated alkanes) is 2. The second-order valence-corrected chi connectivity index (χ2v) is 25.1. The Balaban J connectivity index is 1.52. The molecule has 103 heavy (non-hydrogen) atoms. The van der Waals surface area contributed by atoms with Crippen molar-refractivity contribution in [1.29, 1.82) is 0 Å². The summed E-state index contributed by atoms with van der Waals surface area (Å²) in [6, 6.07) is 0. The van der Waals surface area contributed by atoms with Gasteiger partial charge in [-0.3, -0.25) is 76.3 Å². The molecule has 0 saturated carbocycles. The van der Waals surface area contributed by atoms with Crippen molar-refractivity contribution in [2.75, 3.05) is 144 Å². The first-order valence-corrected chi connectivity index (χ1v) is 36.1. The van der Waals surface area contributed by atoms with Crippen molar-refractivity contribution in [2.24, 2.45) is 11.5 Å². The number of hydrogen-bond acceptors (Lipinski definition) is 21. The molecule has 0 atom stereocenters. The van der Waals surface area contributed by atoms with Crippen LogP contribution in [0.4, 0.5) is 0 Å². The van der Waals surface area contributed by atoms with Gasteiger partial charge in [0.2, 0.25) is 70.9 Å². The number of aromatic nitrogens is 12. The topological polar surface area (TPSA) is 424 Å². The highest BCUT2D eigenvalue weighted by molar-refractivity contribution is 5.95. The van der Waals surface area contributed by atoms with Gasteiger partial charge in [-0.2, -0.15) is 0 Å². The minimum absolute atomic E-state index is 0.0228. The van der Waals surface area contributed by atoms with Gasteiger partial charge in [0.25, 0.3) is 0 Å². The van der Waals surface area contributed by atoms with E-state index in [9.17, 15) is 57.5 Å². The monoisotopic (exact) mass is 1450 g/mol. The maximum atomic E-state index is 14.7. The minimum Gasteiger partial charge on any atom is -0.368 e. The maximum Gasteiger partial charge on any atom is 0.242 e. The number of rotatable bonds is 55. The van der Waals surface area contributed by atoms with Crippen molar-refractivity contribution in [3.8, 4) is 0 Å². The summed E-state index contributed by atoms with van der Waals surface area (Å²) in [6.45, 7) is 9.17. The van der Waals surface area contributed by atoms with Gasteiger partial charge in [0.05, 0.1) is 96.8 Å². The fourth-order valence-corrected chi connectivity index (χ4v) is 11.2. The van der Waals surface area contributed by atoms with Crippen molar-refractivity contribution >= 4 is 70.9 Å². The highest BCUT2D eigenvalue weighted by atomic mass is 16.2. The molecule has 0 spiro atoms. The van der Waals surface area contributed by atoms with Crippen LogP contribution in [0, 0.1) is 0 Å². The van der Waals surface area contributed by atoms with Gasteiger partial charge < -0.3 is 65.8 Å². The van der Waals surface area contributed by atoms with E-state index >= 15 is 0 Å². The summed E-state index contributed by atoms with van der Waals surface area (Å²) in [5.74, 6) is -6.56. The summed E-state index contributed by atoms with van der Waals surface area (Å²) >= 11 is 0. The second kappa shape index (κ2) is 48.9. The van der Waals surface area contributed by atoms with Crippen LogP contribution in [-0.4, -0.2) is 324 Å². The largest absolute Gasteiger partial charge is 0.368 e. The summed E-state index contributed by atoms with van der Waals surface area (Å²) < 4.78 is 6.30. The lowest BCUT2D eigenvalue weighted by atomic mass is 10.2. The van der Waals surface area contributed by atoms with Gasteiger partial charge >= 0.3 is 0 Å². The first-order valence-electron chi connectivity index (χ1n) is 36.1. The third kappa shape index (κ3) is 32.8. The molecule has 0 unspecified atom stereocenters. The molecule has 37 nitrogen and oxygen atoms in total. The summed E-state index contributed by atoms with van der Waals surface area (Å²) in [5, 5.41) is 34.0. The number of aryl methyl sites for hydroxylation is 4. The number of carbonyl (C=O) groups is 12.